The van der Waals surface area contributed by atoms with Crippen molar-refractivity contribution < 1.29 is 6.11 Å². The van der Waals surface area contributed by atoms with Crippen LogP contribution in [0.4, 0.5) is 0 Å². The van der Waals surface area contributed by atoms with Crippen LogP contribution in [-0.2, 0) is 4.74 Å². The van der Waals surface area contributed by atoms with E-state index in [9.17, 15) is 0 Å². The average Bonchev–Trinajstić information content (AvgIpc) is 2.12. The van der Waals surface area contributed by atoms with Crippen LogP contribution in [0.5, 0.6) is 0 Å². The standard InChI is InChI=1S/C5H9IO/c6-4-5-2-1-3-7-5/h5H,1-4H2/i4D. The molecule has 2 atom stereocenters. The molecule has 1 heterocycles. The van der Waals surface area contributed by atoms with Gasteiger partial charge in [0.25, 0.3) is 0 Å². The van der Waals surface area contributed by atoms with E-state index in [2.05, 4.69) is 22.6 Å². The first-order valence-corrected chi connectivity index (χ1v) is 3.73. The molecule has 1 aliphatic rings. The lowest BCUT2D eigenvalue weighted by molar-refractivity contribution is 0.131. The van der Waals surface area contributed by atoms with Crippen molar-refractivity contribution >= 4 is 22.6 Å². The summed E-state index contributed by atoms with van der Waals surface area (Å²) in [5.74, 6) is 0. The molecule has 42 valence electrons. The van der Waals surface area contributed by atoms with Gasteiger partial charge in [0, 0.05) is 12.4 Å². The lowest BCUT2D eigenvalue weighted by atomic mass is 10.3. The Bertz CT molecular complexity index is 70.8. The molecule has 0 aromatic rings. The molecule has 0 aliphatic carbocycles. The molecule has 2 unspecified atom stereocenters. The van der Waals surface area contributed by atoms with Gasteiger partial charge in [0.2, 0.25) is 0 Å². The van der Waals surface area contributed by atoms with Crippen LogP contribution in [0, 0.1) is 0 Å². The van der Waals surface area contributed by atoms with Gasteiger partial charge in [-0.15, -0.1) is 0 Å². The fourth-order valence-corrected chi connectivity index (χ4v) is 1.27. The minimum Gasteiger partial charge on any atom is -0.377 e. The normalized spacial score (nSPS) is 37.9. The first-order valence-electron chi connectivity index (χ1n) is 3.06. The summed E-state index contributed by atoms with van der Waals surface area (Å²) in [6.07, 6.45) is 2.44. The molecular weight excluding hydrogens is 203 g/mol. The zero-order chi connectivity index (χ0) is 5.98. The van der Waals surface area contributed by atoms with Gasteiger partial charge in [0.15, 0.2) is 0 Å². The van der Waals surface area contributed by atoms with Crippen molar-refractivity contribution in [1.29, 1.82) is 0 Å². The summed E-state index contributed by atoms with van der Waals surface area (Å²) in [4.78, 5) is 0. The predicted molar refractivity (Wildman–Crippen MR) is 37.9 cm³/mol. The van der Waals surface area contributed by atoms with Gasteiger partial charge in [-0.05, 0) is 12.8 Å². The Morgan fingerprint density at radius 2 is 2.86 bits per heavy atom. The van der Waals surface area contributed by atoms with Gasteiger partial charge in [-0.3, -0.25) is 0 Å². The molecule has 0 spiro atoms. The molecule has 1 aliphatic heterocycles. The molecule has 0 bridgehead atoms. The van der Waals surface area contributed by atoms with E-state index in [1.165, 1.54) is 0 Å². The number of halogens is 1. The highest BCUT2D eigenvalue weighted by Gasteiger charge is 2.12. The summed E-state index contributed by atoms with van der Waals surface area (Å²) in [6.45, 7) is 0.864. The molecule has 0 aromatic carbocycles. The Balaban J connectivity index is 2.24. The molecule has 7 heavy (non-hydrogen) atoms. The van der Waals surface area contributed by atoms with E-state index in [1.54, 1.807) is 0 Å². The van der Waals surface area contributed by atoms with Crippen LogP contribution >= 0.6 is 22.6 Å². The summed E-state index contributed by atoms with van der Waals surface area (Å²) >= 11 is 2.09. The average molecular weight is 213 g/mol. The van der Waals surface area contributed by atoms with Gasteiger partial charge in [0.05, 0.1) is 6.10 Å². The first kappa shape index (κ1) is 4.56. The zero-order valence-electron chi connectivity index (χ0n) is 5.06. The van der Waals surface area contributed by atoms with Crippen LogP contribution in [0.15, 0.2) is 0 Å². The fraction of sp³-hybridized carbons (Fsp3) is 1.00. The van der Waals surface area contributed by atoms with Gasteiger partial charge in [0.1, 0.15) is 0 Å². The maximum atomic E-state index is 7.24. The monoisotopic (exact) mass is 213 g/mol. The van der Waals surface area contributed by atoms with Crippen molar-refractivity contribution in [3.05, 3.63) is 0 Å². The summed E-state index contributed by atoms with van der Waals surface area (Å²) in [6, 6.07) is 0. The Labute approximate surface area is 59.0 Å². The Morgan fingerprint density at radius 3 is 3.14 bits per heavy atom. The second-order valence-corrected chi connectivity index (χ2v) is 2.40. The van der Waals surface area contributed by atoms with Crippen molar-refractivity contribution in [2.24, 2.45) is 0 Å². The molecule has 1 nitrogen and oxygen atoms in total. The molecular formula is C5H9IO. The van der Waals surface area contributed by atoms with E-state index in [1.807, 2.05) is 0 Å². The van der Waals surface area contributed by atoms with Crippen molar-refractivity contribution in [2.75, 3.05) is 11.0 Å². The smallest absolute Gasteiger partial charge is 0.0665 e. The van der Waals surface area contributed by atoms with Crippen LogP contribution in [0.1, 0.15) is 14.2 Å². The molecule has 0 N–H and O–H groups in total. The highest BCUT2D eigenvalue weighted by atomic mass is 127. The van der Waals surface area contributed by atoms with E-state index in [0.717, 1.165) is 19.4 Å². The second-order valence-electron chi connectivity index (χ2n) is 1.68. The van der Waals surface area contributed by atoms with E-state index in [-0.39, 0.29) is 10.5 Å². The van der Waals surface area contributed by atoms with Gasteiger partial charge in [-0.25, -0.2) is 0 Å². The molecule has 2 heteroatoms. The third-order valence-corrected chi connectivity index (χ3v) is 1.91. The molecule has 0 amide bonds. The molecule has 0 saturated carbocycles. The van der Waals surface area contributed by atoms with Crippen molar-refractivity contribution in [2.45, 2.75) is 18.9 Å². The summed E-state index contributed by atoms with van der Waals surface area (Å²) in [5, 5.41) is 0. The zero-order valence-corrected chi connectivity index (χ0v) is 6.22. The van der Waals surface area contributed by atoms with Gasteiger partial charge >= 0.3 is 0 Å². The second kappa shape index (κ2) is 2.87. The quantitative estimate of drug-likeness (QED) is 0.474. The highest BCUT2D eigenvalue weighted by molar-refractivity contribution is 14.1. The van der Waals surface area contributed by atoms with E-state index < -0.39 is 0 Å². The number of hydrogen-bond acceptors (Lipinski definition) is 1. The highest BCUT2D eigenvalue weighted by Crippen LogP contribution is 2.13. The van der Waals surface area contributed by atoms with Crippen LogP contribution in [0.25, 0.3) is 0 Å². The molecule has 0 radical (unpaired) electrons. The Hall–Kier alpha value is 0.690. The van der Waals surface area contributed by atoms with Crippen molar-refractivity contribution in [1.82, 2.24) is 0 Å². The number of rotatable bonds is 1. The Morgan fingerprint density at radius 1 is 2.00 bits per heavy atom. The maximum absolute atomic E-state index is 7.24. The Kier molecular flexibility index (Phi) is 1.87. The predicted octanol–water partition coefficient (Wildman–Crippen LogP) is 1.60. The molecule has 0 aromatic heterocycles. The third-order valence-electron chi connectivity index (χ3n) is 1.11. The number of hydrogen-bond donors (Lipinski definition) is 0. The number of alkyl halides is 1. The lowest BCUT2D eigenvalue weighted by Gasteiger charge is -2.00. The lowest BCUT2D eigenvalue weighted by Crippen LogP contribution is -2.04. The van der Waals surface area contributed by atoms with E-state index in [4.69, 9.17) is 6.11 Å². The third kappa shape index (κ3) is 1.57. The summed E-state index contributed by atoms with van der Waals surface area (Å²) < 4.78 is 12.4. The van der Waals surface area contributed by atoms with Gasteiger partial charge < -0.3 is 4.74 Å². The van der Waals surface area contributed by atoms with E-state index >= 15 is 0 Å². The maximum Gasteiger partial charge on any atom is 0.0665 e. The molecule has 1 rings (SSSR count). The van der Waals surface area contributed by atoms with Crippen LogP contribution in [0.2, 0.25) is 0 Å². The fourth-order valence-electron chi connectivity index (χ4n) is 0.702. The largest absolute Gasteiger partial charge is 0.377 e. The first-order chi connectivity index (χ1) is 3.80. The van der Waals surface area contributed by atoms with Crippen molar-refractivity contribution in [3.63, 3.8) is 0 Å². The summed E-state index contributed by atoms with van der Waals surface area (Å²) in [5.41, 5.74) is 0. The molecule has 1 fully saturated rings. The van der Waals surface area contributed by atoms with E-state index in [0.29, 0.717) is 0 Å². The SMILES string of the molecule is [2H]C(I)C1CCCO1. The van der Waals surface area contributed by atoms with Gasteiger partial charge in [-0.1, -0.05) is 22.6 Å². The van der Waals surface area contributed by atoms with Gasteiger partial charge in [-0.2, -0.15) is 0 Å². The minimum atomic E-state index is -0.0601. The van der Waals surface area contributed by atoms with Crippen LogP contribution in [-0.4, -0.2) is 17.1 Å². The van der Waals surface area contributed by atoms with Crippen LogP contribution < -0.4 is 0 Å². The molecule has 1 saturated heterocycles. The topological polar surface area (TPSA) is 9.23 Å². The van der Waals surface area contributed by atoms with Crippen LogP contribution in [0.3, 0.4) is 0 Å². The van der Waals surface area contributed by atoms with Crippen molar-refractivity contribution in [3.8, 4) is 0 Å². The number of ether oxygens (including phenoxy) is 1. The minimum absolute atomic E-state index is 0.0601. The summed E-state index contributed by atoms with van der Waals surface area (Å²) in [7, 11) is 0.